The van der Waals surface area contributed by atoms with E-state index >= 15 is 0 Å². The summed E-state index contributed by atoms with van der Waals surface area (Å²) in [5.41, 5.74) is 2.08. The molecule has 0 bridgehead atoms. The van der Waals surface area contributed by atoms with Crippen LogP contribution in [0.25, 0.3) is 10.6 Å². The molecule has 0 aliphatic carbocycles. The number of hydrogen-bond donors (Lipinski definition) is 2. The fourth-order valence-electron chi connectivity index (χ4n) is 2.56. The lowest BCUT2D eigenvalue weighted by atomic mass is 10.2. The summed E-state index contributed by atoms with van der Waals surface area (Å²) in [6.07, 6.45) is 3.00. The molecule has 0 aliphatic heterocycles. The third-order valence-corrected chi connectivity index (χ3v) is 4.92. The minimum atomic E-state index is -0.358. The van der Waals surface area contributed by atoms with E-state index in [4.69, 9.17) is 4.42 Å². The van der Waals surface area contributed by atoms with E-state index in [1.54, 1.807) is 42.6 Å². The Bertz CT molecular complexity index is 1100. The molecule has 138 valence electrons. The third-order valence-electron chi connectivity index (χ3n) is 3.87. The Balaban J connectivity index is 1.45. The molecule has 0 fully saturated rings. The van der Waals surface area contributed by atoms with Gasteiger partial charge in [-0.2, -0.15) is 0 Å². The average molecular weight is 389 g/mol. The Morgan fingerprint density at radius 3 is 2.32 bits per heavy atom. The number of carbonyl (C=O) groups is 2. The lowest BCUT2D eigenvalue weighted by Crippen LogP contribution is -2.12. The standard InChI is InChI=1S/C21H15N3O3S/c25-19(17-10-5-11-27-17)23-15-8-4-9-16(12-15)24-20(26)18-13-22-21(28-18)14-6-2-1-3-7-14/h1-13H,(H,23,25)(H,24,26). The van der Waals surface area contributed by atoms with E-state index < -0.39 is 0 Å². The molecule has 0 saturated heterocycles. The van der Waals surface area contributed by atoms with Gasteiger partial charge in [0.1, 0.15) is 9.88 Å². The topological polar surface area (TPSA) is 84.2 Å². The Kier molecular flexibility index (Phi) is 4.99. The molecule has 4 aromatic rings. The quantitative estimate of drug-likeness (QED) is 0.508. The number of anilines is 2. The maximum absolute atomic E-state index is 12.5. The van der Waals surface area contributed by atoms with Crippen molar-refractivity contribution < 1.29 is 14.0 Å². The lowest BCUT2D eigenvalue weighted by Gasteiger charge is -2.07. The normalized spacial score (nSPS) is 10.4. The van der Waals surface area contributed by atoms with Crippen molar-refractivity contribution in [3.05, 3.63) is 89.8 Å². The van der Waals surface area contributed by atoms with E-state index in [9.17, 15) is 9.59 Å². The van der Waals surface area contributed by atoms with Gasteiger partial charge in [0, 0.05) is 16.9 Å². The molecule has 2 heterocycles. The Hall–Kier alpha value is -3.71. The first kappa shape index (κ1) is 17.7. The summed E-state index contributed by atoms with van der Waals surface area (Å²) in [5.74, 6) is -0.398. The summed E-state index contributed by atoms with van der Waals surface area (Å²) in [6, 6.07) is 19.8. The molecular formula is C21H15N3O3S. The number of nitrogens with zero attached hydrogens (tertiary/aromatic N) is 1. The number of aromatic nitrogens is 1. The molecule has 2 N–H and O–H groups in total. The minimum absolute atomic E-state index is 0.215. The Morgan fingerprint density at radius 2 is 1.61 bits per heavy atom. The molecule has 0 unspecified atom stereocenters. The molecule has 0 radical (unpaired) electrons. The van der Waals surface area contributed by atoms with Gasteiger partial charge in [-0.3, -0.25) is 9.59 Å². The minimum Gasteiger partial charge on any atom is -0.459 e. The average Bonchev–Trinajstić information content (AvgIpc) is 3.41. The summed E-state index contributed by atoms with van der Waals surface area (Å²) in [7, 11) is 0. The van der Waals surface area contributed by atoms with Gasteiger partial charge in [0.15, 0.2) is 5.76 Å². The summed E-state index contributed by atoms with van der Waals surface area (Å²) < 4.78 is 5.07. The first-order valence-electron chi connectivity index (χ1n) is 8.46. The smallest absolute Gasteiger partial charge is 0.291 e. The van der Waals surface area contributed by atoms with Crippen LogP contribution in [0.1, 0.15) is 20.2 Å². The summed E-state index contributed by atoms with van der Waals surface area (Å²) in [6.45, 7) is 0. The zero-order valence-electron chi connectivity index (χ0n) is 14.6. The molecular weight excluding hydrogens is 374 g/mol. The van der Waals surface area contributed by atoms with Crippen LogP contribution in [0, 0.1) is 0 Å². The highest BCUT2D eigenvalue weighted by molar-refractivity contribution is 7.17. The van der Waals surface area contributed by atoms with Gasteiger partial charge in [-0.05, 0) is 30.3 Å². The second-order valence-corrected chi connectivity index (χ2v) is 6.89. The van der Waals surface area contributed by atoms with Crippen molar-refractivity contribution in [3.8, 4) is 10.6 Å². The molecule has 2 aromatic carbocycles. The number of furan rings is 1. The molecule has 0 atom stereocenters. The molecule has 28 heavy (non-hydrogen) atoms. The van der Waals surface area contributed by atoms with Gasteiger partial charge in [0.2, 0.25) is 0 Å². The van der Waals surface area contributed by atoms with Crippen molar-refractivity contribution in [2.45, 2.75) is 0 Å². The summed E-state index contributed by atoms with van der Waals surface area (Å²) >= 11 is 1.32. The van der Waals surface area contributed by atoms with E-state index in [0.717, 1.165) is 10.6 Å². The second kappa shape index (κ2) is 7.89. The van der Waals surface area contributed by atoms with Crippen LogP contribution in [0.5, 0.6) is 0 Å². The van der Waals surface area contributed by atoms with Gasteiger partial charge in [-0.15, -0.1) is 11.3 Å². The lowest BCUT2D eigenvalue weighted by molar-refractivity contribution is 0.0995. The first-order valence-corrected chi connectivity index (χ1v) is 9.28. The highest BCUT2D eigenvalue weighted by atomic mass is 32.1. The van der Waals surface area contributed by atoms with Crippen molar-refractivity contribution in [1.29, 1.82) is 0 Å². The third kappa shape index (κ3) is 3.99. The van der Waals surface area contributed by atoms with Crippen LogP contribution in [-0.4, -0.2) is 16.8 Å². The Labute approximate surface area is 164 Å². The molecule has 2 amide bonds. The van der Waals surface area contributed by atoms with Gasteiger partial charge in [-0.1, -0.05) is 36.4 Å². The summed E-state index contributed by atoms with van der Waals surface area (Å²) in [5, 5.41) is 6.34. The number of amides is 2. The van der Waals surface area contributed by atoms with Crippen molar-refractivity contribution in [2.24, 2.45) is 0 Å². The first-order chi connectivity index (χ1) is 13.7. The van der Waals surface area contributed by atoms with Crippen molar-refractivity contribution in [3.63, 3.8) is 0 Å². The maximum atomic E-state index is 12.5. The van der Waals surface area contributed by atoms with Gasteiger partial charge in [-0.25, -0.2) is 4.98 Å². The zero-order chi connectivity index (χ0) is 19.3. The summed E-state index contributed by atoms with van der Waals surface area (Å²) in [4.78, 5) is 29.4. The van der Waals surface area contributed by atoms with E-state index in [1.165, 1.54) is 17.6 Å². The largest absolute Gasteiger partial charge is 0.459 e. The van der Waals surface area contributed by atoms with E-state index in [2.05, 4.69) is 15.6 Å². The highest BCUT2D eigenvalue weighted by Gasteiger charge is 2.13. The number of rotatable bonds is 5. The van der Waals surface area contributed by atoms with Gasteiger partial charge < -0.3 is 15.1 Å². The van der Waals surface area contributed by atoms with Gasteiger partial charge in [0.05, 0.1) is 12.5 Å². The monoisotopic (exact) mass is 389 g/mol. The fraction of sp³-hybridized carbons (Fsp3) is 0. The van der Waals surface area contributed by atoms with Crippen LogP contribution < -0.4 is 10.6 Å². The fourth-order valence-corrected chi connectivity index (χ4v) is 3.38. The molecule has 0 saturated carbocycles. The highest BCUT2D eigenvalue weighted by Crippen LogP contribution is 2.26. The van der Waals surface area contributed by atoms with Crippen LogP contribution in [-0.2, 0) is 0 Å². The molecule has 0 spiro atoms. The van der Waals surface area contributed by atoms with Crippen LogP contribution in [0.15, 0.2) is 83.6 Å². The number of thiazole rings is 1. The van der Waals surface area contributed by atoms with Crippen molar-refractivity contribution in [2.75, 3.05) is 10.6 Å². The van der Waals surface area contributed by atoms with Gasteiger partial charge >= 0.3 is 0 Å². The van der Waals surface area contributed by atoms with E-state index in [0.29, 0.717) is 16.3 Å². The Morgan fingerprint density at radius 1 is 0.857 bits per heavy atom. The maximum Gasteiger partial charge on any atom is 0.291 e. The molecule has 6 nitrogen and oxygen atoms in total. The number of hydrogen-bond acceptors (Lipinski definition) is 5. The molecule has 7 heteroatoms. The molecule has 0 aliphatic rings. The molecule has 4 rings (SSSR count). The number of carbonyl (C=O) groups excluding carboxylic acids is 2. The number of benzene rings is 2. The predicted octanol–water partition coefficient (Wildman–Crippen LogP) is 4.91. The van der Waals surface area contributed by atoms with Crippen LogP contribution >= 0.6 is 11.3 Å². The van der Waals surface area contributed by atoms with Crippen LogP contribution in [0.2, 0.25) is 0 Å². The number of nitrogens with one attached hydrogen (secondary N) is 2. The predicted molar refractivity (Wildman–Crippen MR) is 109 cm³/mol. The van der Waals surface area contributed by atoms with Crippen LogP contribution in [0.3, 0.4) is 0 Å². The van der Waals surface area contributed by atoms with Crippen molar-refractivity contribution >= 4 is 34.5 Å². The van der Waals surface area contributed by atoms with Gasteiger partial charge in [0.25, 0.3) is 11.8 Å². The van der Waals surface area contributed by atoms with Crippen LogP contribution in [0.4, 0.5) is 11.4 Å². The zero-order valence-corrected chi connectivity index (χ0v) is 15.4. The second-order valence-electron chi connectivity index (χ2n) is 5.86. The molecule has 2 aromatic heterocycles. The SMILES string of the molecule is O=C(Nc1cccc(NC(=O)c2cnc(-c3ccccc3)s2)c1)c1ccco1. The van der Waals surface area contributed by atoms with Crippen molar-refractivity contribution in [1.82, 2.24) is 4.98 Å². The van der Waals surface area contributed by atoms with E-state index in [-0.39, 0.29) is 17.6 Å². The van der Waals surface area contributed by atoms with E-state index in [1.807, 2.05) is 30.3 Å².